The van der Waals surface area contributed by atoms with E-state index in [-0.39, 0.29) is 0 Å². The highest BCUT2D eigenvalue weighted by molar-refractivity contribution is 5.96. The summed E-state index contributed by atoms with van der Waals surface area (Å²) in [4.78, 5) is 14.3. The molecule has 4 aromatic heterocycles. The summed E-state index contributed by atoms with van der Waals surface area (Å²) in [5.74, 6) is 0. The first-order valence-corrected chi connectivity index (χ1v) is 10.8. The van der Waals surface area contributed by atoms with Crippen molar-refractivity contribution in [3.63, 3.8) is 0 Å². The third-order valence-electron chi connectivity index (χ3n) is 6.22. The summed E-state index contributed by atoms with van der Waals surface area (Å²) in [6.45, 7) is 0. The molecule has 32 heavy (non-hydrogen) atoms. The van der Waals surface area contributed by atoms with E-state index in [4.69, 9.17) is 0 Å². The molecule has 0 fully saturated rings. The second kappa shape index (κ2) is 6.53. The molecule has 152 valence electrons. The van der Waals surface area contributed by atoms with Crippen molar-refractivity contribution in [1.29, 1.82) is 0 Å². The monoisotopic (exact) mass is 412 g/mol. The van der Waals surface area contributed by atoms with Crippen LogP contribution in [0.25, 0.3) is 45.8 Å². The van der Waals surface area contributed by atoms with Crippen LogP contribution in [0.2, 0.25) is 0 Å². The topological polar surface area (TPSA) is 63.2 Å². The Balaban J connectivity index is 1.65. The van der Waals surface area contributed by atoms with Gasteiger partial charge in [0.15, 0.2) is 0 Å². The van der Waals surface area contributed by atoms with Crippen molar-refractivity contribution >= 4 is 45.8 Å². The molecule has 0 saturated heterocycles. The van der Waals surface area contributed by atoms with E-state index >= 15 is 0 Å². The van der Waals surface area contributed by atoms with Crippen LogP contribution < -0.4 is 21.4 Å². The Bertz CT molecular complexity index is 1890. The van der Waals surface area contributed by atoms with E-state index in [0.717, 1.165) is 44.2 Å². The van der Waals surface area contributed by atoms with E-state index < -0.39 is 0 Å². The van der Waals surface area contributed by atoms with Gasteiger partial charge in [-0.2, -0.15) is 0 Å². The molecule has 0 saturated carbocycles. The van der Waals surface area contributed by atoms with Crippen molar-refractivity contribution in [1.82, 2.24) is 19.9 Å². The standard InChI is InChI=1S/C28H20N4/c1-3-7-23-21(5-1)25-14-19-11-9-17(29-19)13-18-10-12-20(30-18)15-26-22-6-2-4-8-24(22)28(32-26)16-27(23)31-25/h1-16,29-32H. The van der Waals surface area contributed by atoms with Gasteiger partial charge in [-0.25, -0.2) is 0 Å². The highest BCUT2D eigenvalue weighted by Crippen LogP contribution is 2.24. The Hall–Kier alpha value is -4.44. The number of hydrogen-bond donors (Lipinski definition) is 4. The molecular formula is C28H20N4. The maximum atomic E-state index is 3.66. The first-order chi connectivity index (χ1) is 15.8. The lowest BCUT2D eigenvalue weighted by Crippen LogP contribution is -2.11. The molecule has 1 aliphatic heterocycles. The number of rotatable bonds is 0. The zero-order valence-corrected chi connectivity index (χ0v) is 17.2. The molecule has 6 aromatic rings. The van der Waals surface area contributed by atoms with Gasteiger partial charge in [0, 0.05) is 65.7 Å². The highest BCUT2D eigenvalue weighted by atomic mass is 14.8. The molecule has 4 heteroatoms. The zero-order chi connectivity index (χ0) is 21.1. The van der Waals surface area contributed by atoms with Crippen LogP contribution in [-0.4, -0.2) is 19.9 Å². The van der Waals surface area contributed by atoms with E-state index in [1.165, 1.54) is 21.5 Å². The average Bonchev–Trinajstić information content (AvgIpc) is 3.58. The maximum absolute atomic E-state index is 3.66. The SMILES string of the molecule is C1=c2ccc([nH]2)=Cc2[nH]c(c3ccccc23)C=c2[nH]c(c3ccccc23)=Cc2ccc1[nH]2. The Kier molecular flexibility index (Phi) is 3.52. The van der Waals surface area contributed by atoms with Crippen LogP contribution in [0.3, 0.4) is 0 Å². The van der Waals surface area contributed by atoms with Crippen molar-refractivity contribution < 1.29 is 0 Å². The fraction of sp³-hybridized carbons (Fsp3) is 0. The zero-order valence-electron chi connectivity index (χ0n) is 17.2. The van der Waals surface area contributed by atoms with Gasteiger partial charge in [-0.15, -0.1) is 0 Å². The predicted octanol–water partition coefficient (Wildman–Crippen LogP) is 2.93. The molecular weight excluding hydrogens is 392 g/mol. The van der Waals surface area contributed by atoms with Crippen LogP contribution in [-0.2, 0) is 0 Å². The van der Waals surface area contributed by atoms with Gasteiger partial charge in [-0.05, 0) is 48.6 Å². The molecule has 0 aliphatic carbocycles. The molecule has 2 aromatic carbocycles. The Labute approximate surface area is 182 Å². The van der Waals surface area contributed by atoms with Gasteiger partial charge in [0.25, 0.3) is 0 Å². The van der Waals surface area contributed by atoms with Crippen LogP contribution in [0.5, 0.6) is 0 Å². The third-order valence-corrected chi connectivity index (χ3v) is 6.22. The molecule has 0 unspecified atom stereocenters. The van der Waals surface area contributed by atoms with Gasteiger partial charge >= 0.3 is 0 Å². The van der Waals surface area contributed by atoms with Crippen molar-refractivity contribution in [3.8, 4) is 0 Å². The van der Waals surface area contributed by atoms with Crippen LogP contribution >= 0.6 is 0 Å². The summed E-state index contributed by atoms with van der Waals surface area (Å²) in [5, 5.41) is 9.15. The second-order valence-corrected chi connectivity index (χ2v) is 8.31. The van der Waals surface area contributed by atoms with E-state index in [0.29, 0.717) is 0 Å². The molecule has 1 aliphatic rings. The molecule has 0 amide bonds. The molecule has 8 bridgehead atoms. The lowest BCUT2D eigenvalue weighted by molar-refractivity contribution is 1.24. The summed E-state index contributed by atoms with van der Waals surface area (Å²) in [6, 6.07) is 25.5. The fourth-order valence-corrected chi connectivity index (χ4v) is 4.74. The van der Waals surface area contributed by atoms with Gasteiger partial charge in [0.2, 0.25) is 0 Å². The summed E-state index contributed by atoms with van der Waals surface area (Å²) in [6.07, 6.45) is 8.70. The lowest BCUT2D eigenvalue weighted by Gasteiger charge is -1.91. The van der Waals surface area contributed by atoms with Gasteiger partial charge in [-0.1, -0.05) is 48.5 Å². The highest BCUT2D eigenvalue weighted by Gasteiger charge is 2.08. The normalized spacial score (nSPS) is 12.8. The minimum Gasteiger partial charge on any atom is -0.355 e. The molecule has 0 radical (unpaired) electrons. The van der Waals surface area contributed by atoms with E-state index in [1.54, 1.807) is 0 Å². The molecule has 0 atom stereocenters. The summed E-state index contributed by atoms with van der Waals surface area (Å²) in [7, 11) is 0. The third kappa shape index (κ3) is 2.70. The molecule has 0 spiro atoms. The number of H-pyrrole nitrogens is 4. The summed E-state index contributed by atoms with van der Waals surface area (Å²) >= 11 is 0. The minimum absolute atomic E-state index is 1.06. The quantitative estimate of drug-likeness (QED) is 0.296. The van der Waals surface area contributed by atoms with Crippen molar-refractivity contribution in [3.05, 3.63) is 117 Å². The molecule has 7 rings (SSSR count). The summed E-state index contributed by atoms with van der Waals surface area (Å²) < 4.78 is 0. The van der Waals surface area contributed by atoms with Crippen LogP contribution in [0.15, 0.2) is 72.8 Å². The van der Waals surface area contributed by atoms with Crippen molar-refractivity contribution in [2.75, 3.05) is 0 Å². The van der Waals surface area contributed by atoms with E-state index in [9.17, 15) is 0 Å². The number of hydrogen-bond acceptors (Lipinski definition) is 0. The molecule has 4 N–H and O–H groups in total. The van der Waals surface area contributed by atoms with Crippen LogP contribution in [0.4, 0.5) is 0 Å². The predicted molar refractivity (Wildman–Crippen MR) is 131 cm³/mol. The van der Waals surface area contributed by atoms with E-state index in [1.807, 2.05) is 0 Å². The number of aromatic nitrogens is 4. The smallest absolute Gasteiger partial charge is 0.0485 e. The van der Waals surface area contributed by atoms with Crippen molar-refractivity contribution in [2.45, 2.75) is 0 Å². The largest absolute Gasteiger partial charge is 0.355 e. The first kappa shape index (κ1) is 17.3. The molecule has 4 nitrogen and oxygen atoms in total. The van der Waals surface area contributed by atoms with Crippen LogP contribution in [0, 0.1) is 0 Å². The summed E-state index contributed by atoms with van der Waals surface area (Å²) in [5.41, 5.74) is 4.31. The van der Waals surface area contributed by atoms with Gasteiger partial charge in [-0.3, -0.25) is 0 Å². The second-order valence-electron chi connectivity index (χ2n) is 8.31. The van der Waals surface area contributed by atoms with Gasteiger partial charge < -0.3 is 19.9 Å². The number of nitrogens with one attached hydrogen (secondary N) is 4. The van der Waals surface area contributed by atoms with Gasteiger partial charge in [0.05, 0.1) is 0 Å². The lowest BCUT2D eigenvalue weighted by atomic mass is 10.1. The van der Waals surface area contributed by atoms with Crippen LogP contribution in [0.1, 0.15) is 22.8 Å². The Morgan fingerprint density at radius 3 is 1.66 bits per heavy atom. The molecule has 5 heterocycles. The number of aromatic amines is 4. The first-order valence-electron chi connectivity index (χ1n) is 10.8. The Morgan fingerprint density at radius 2 is 0.938 bits per heavy atom. The fourth-order valence-electron chi connectivity index (χ4n) is 4.74. The number of fused-ring (bicyclic) bond motifs is 14. The Morgan fingerprint density at radius 1 is 0.375 bits per heavy atom. The van der Waals surface area contributed by atoms with E-state index in [2.05, 4.69) is 117 Å². The number of benzene rings is 2. The average molecular weight is 412 g/mol. The maximum Gasteiger partial charge on any atom is 0.0485 e. The minimum atomic E-state index is 1.06. The van der Waals surface area contributed by atoms with Crippen molar-refractivity contribution in [2.24, 2.45) is 0 Å². The van der Waals surface area contributed by atoms with Gasteiger partial charge in [0.1, 0.15) is 0 Å².